The Labute approximate surface area is 213 Å². The Kier molecular flexibility index (Phi) is 8.11. The summed E-state index contributed by atoms with van der Waals surface area (Å²) in [5, 5.41) is 1.24. The Morgan fingerprint density at radius 2 is 1.97 bits per heavy atom. The molecule has 2 atom stereocenters. The summed E-state index contributed by atoms with van der Waals surface area (Å²) >= 11 is 5.81. The molecule has 1 saturated heterocycles. The molecule has 35 heavy (non-hydrogen) atoms. The van der Waals surface area contributed by atoms with Gasteiger partial charge in [0.05, 0.1) is 24.8 Å². The van der Waals surface area contributed by atoms with Gasteiger partial charge >= 0.3 is 5.97 Å². The van der Waals surface area contributed by atoms with Crippen LogP contribution in [0, 0.1) is 5.92 Å². The Bertz CT molecular complexity index is 1200. The number of fused-ring (bicyclic) bond motifs is 1. The molecule has 0 spiro atoms. The van der Waals surface area contributed by atoms with Crippen molar-refractivity contribution < 1.29 is 14.3 Å². The second kappa shape index (κ2) is 11.3. The molecule has 6 heteroatoms. The van der Waals surface area contributed by atoms with Crippen LogP contribution in [-0.2, 0) is 11.2 Å². The second-order valence-corrected chi connectivity index (χ2v) is 9.85. The predicted octanol–water partition coefficient (Wildman–Crippen LogP) is 6.50. The summed E-state index contributed by atoms with van der Waals surface area (Å²) in [5.41, 5.74) is 5.30. The molecule has 0 aliphatic carbocycles. The Balaban J connectivity index is 1.67. The smallest absolute Gasteiger partial charge is 0.337 e. The minimum absolute atomic E-state index is 0.151. The molecule has 0 saturated carbocycles. The van der Waals surface area contributed by atoms with Gasteiger partial charge in [-0.2, -0.15) is 0 Å². The van der Waals surface area contributed by atoms with Gasteiger partial charge in [-0.25, -0.2) is 4.79 Å². The van der Waals surface area contributed by atoms with E-state index in [4.69, 9.17) is 21.7 Å². The first kappa shape index (κ1) is 25.2. The third-order valence-electron chi connectivity index (χ3n) is 7.14. The molecule has 4 rings (SSSR count). The fourth-order valence-electron chi connectivity index (χ4n) is 5.39. The molecule has 0 amide bonds. The number of hydrogen-bond donors (Lipinski definition) is 1. The SMILES string of the molecule is CCCC(c1ccc(C(=O)OC)cc1OC)c1c[nH]c2ccc(CC3CCN(CCC)C3=S)cc12. The molecule has 0 radical (unpaired) electrons. The lowest BCUT2D eigenvalue weighted by Crippen LogP contribution is -2.27. The molecule has 1 aliphatic heterocycles. The maximum absolute atomic E-state index is 12.1. The van der Waals surface area contributed by atoms with Crippen molar-refractivity contribution in [3.05, 3.63) is 64.8 Å². The van der Waals surface area contributed by atoms with E-state index >= 15 is 0 Å². The first-order chi connectivity index (χ1) is 17.0. The van der Waals surface area contributed by atoms with Crippen LogP contribution in [-0.4, -0.2) is 48.2 Å². The van der Waals surface area contributed by atoms with E-state index in [1.165, 1.54) is 23.6 Å². The van der Waals surface area contributed by atoms with E-state index in [-0.39, 0.29) is 11.9 Å². The van der Waals surface area contributed by atoms with Crippen molar-refractivity contribution in [2.45, 2.75) is 51.9 Å². The fraction of sp³-hybridized carbons (Fsp3) is 0.448. The number of benzene rings is 2. The van der Waals surface area contributed by atoms with Crippen molar-refractivity contribution in [2.75, 3.05) is 27.3 Å². The van der Waals surface area contributed by atoms with E-state index in [1.54, 1.807) is 13.2 Å². The lowest BCUT2D eigenvalue weighted by atomic mass is 9.85. The third kappa shape index (κ3) is 5.22. The van der Waals surface area contributed by atoms with E-state index in [2.05, 4.69) is 48.1 Å². The molecular weight excluding hydrogens is 456 g/mol. The average molecular weight is 493 g/mol. The number of aromatic amines is 1. The van der Waals surface area contributed by atoms with Crippen LogP contribution in [0.3, 0.4) is 0 Å². The Morgan fingerprint density at radius 3 is 2.69 bits per heavy atom. The van der Waals surface area contributed by atoms with E-state index in [9.17, 15) is 4.79 Å². The van der Waals surface area contributed by atoms with Crippen LogP contribution in [0.5, 0.6) is 5.75 Å². The summed E-state index contributed by atoms with van der Waals surface area (Å²) in [7, 11) is 3.05. The molecule has 2 aromatic carbocycles. The number of methoxy groups -OCH3 is 2. The maximum atomic E-state index is 12.1. The molecule has 2 heterocycles. The van der Waals surface area contributed by atoms with E-state index < -0.39 is 0 Å². The van der Waals surface area contributed by atoms with Gasteiger partial charge in [-0.15, -0.1) is 0 Å². The van der Waals surface area contributed by atoms with Crippen LogP contribution in [0.15, 0.2) is 42.6 Å². The second-order valence-electron chi connectivity index (χ2n) is 9.43. The van der Waals surface area contributed by atoms with Crippen LogP contribution >= 0.6 is 12.2 Å². The fourth-order valence-corrected chi connectivity index (χ4v) is 5.77. The molecule has 5 nitrogen and oxygen atoms in total. The highest BCUT2D eigenvalue weighted by Crippen LogP contribution is 2.39. The standard InChI is InChI=1S/C29H36N2O3S/c1-5-7-22(23-10-9-21(29(32)34-4)17-27(23)33-3)25-18-30-26-11-8-19(16-24(25)26)15-20-12-14-31(13-6-2)28(20)35/h8-11,16-18,20,22,30H,5-7,12-15H2,1-4H3. The summed E-state index contributed by atoms with van der Waals surface area (Å²) < 4.78 is 10.6. The molecule has 1 fully saturated rings. The summed E-state index contributed by atoms with van der Waals surface area (Å²) in [6.07, 6.45) is 7.39. The quantitative estimate of drug-likeness (QED) is 0.259. The van der Waals surface area contributed by atoms with Crippen molar-refractivity contribution >= 4 is 34.1 Å². The Hall–Kier alpha value is -2.86. The zero-order chi connectivity index (χ0) is 24.9. The van der Waals surface area contributed by atoms with Crippen molar-refractivity contribution in [3.63, 3.8) is 0 Å². The van der Waals surface area contributed by atoms with Crippen LogP contribution in [0.4, 0.5) is 0 Å². The number of nitrogens with zero attached hydrogens (tertiary/aromatic N) is 1. The highest BCUT2D eigenvalue weighted by Gasteiger charge is 2.28. The molecule has 0 bridgehead atoms. The van der Waals surface area contributed by atoms with Crippen molar-refractivity contribution in [3.8, 4) is 5.75 Å². The molecular formula is C29H36N2O3S. The van der Waals surface area contributed by atoms with Gasteiger partial charge in [0.1, 0.15) is 5.75 Å². The molecule has 1 N–H and O–H groups in total. The third-order valence-corrected chi connectivity index (χ3v) is 7.74. The first-order valence-corrected chi connectivity index (χ1v) is 13.1. The summed E-state index contributed by atoms with van der Waals surface area (Å²) in [6, 6.07) is 12.4. The van der Waals surface area contributed by atoms with Gasteiger partial charge in [-0.05, 0) is 61.1 Å². The minimum atomic E-state index is -0.360. The zero-order valence-corrected chi connectivity index (χ0v) is 22.0. The molecule has 2 unspecified atom stereocenters. The lowest BCUT2D eigenvalue weighted by molar-refractivity contribution is 0.0600. The number of esters is 1. The number of H-pyrrole nitrogens is 1. The van der Waals surface area contributed by atoms with Gasteiger partial charge in [0.2, 0.25) is 0 Å². The van der Waals surface area contributed by atoms with E-state index in [0.29, 0.717) is 17.2 Å². The van der Waals surface area contributed by atoms with Crippen LogP contribution < -0.4 is 4.74 Å². The van der Waals surface area contributed by atoms with Gasteiger partial charge in [-0.1, -0.05) is 44.6 Å². The number of hydrogen-bond acceptors (Lipinski definition) is 4. The number of carbonyl (C=O) groups excluding carboxylic acids is 1. The number of carbonyl (C=O) groups is 1. The molecule has 1 aliphatic rings. The number of thiocarbonyl (C=S) groups is 1. The predicted molar refractivity (Wildman–Crippen MR) is 146 cm³/mol. The first-order valence-electron chi connectivity index (χ1n) is 12.7. The van der Waals surface area contributed by atoms with Crippen LogP contribution in [0.1, 0.15) is 72.5 Å². The Morgan fingerprint density at radius 1 is 1.14 bits per heavy atom. The van der Waals surface area contributed by atoms with Crippen molar-refractivity contribution in [1.82, 2.24) is 9.88 Å². The van der Waals surface area contributed by atoms with Gasteiger partial charge in [0.25, 0.3) is 0 Å². The zero-order valence-electron chi connectivity index (χ0n) is 21.2. The monoisotopic (exact) mass is 492 g/mol. The topological polar surface area (TPSA) is 54.6 Å². The number of ether oxygens (including phenoxy) is 2. The van der Waals surface area contributed by atoms with Gasteiger partial charge < -0.3 is 19.4 Å². The number of rotatable bonds is 10. The lowest BCUT2D eigenvalue weighted by Gasteiger charge is -2.20. The molecule has 1 aromatic heterocycles. The largest absolute Gasteiger partial charge is 0.496 e. The number of likely N-dealkylation sites (tertiary alicyclic amines) is 1. The summed E-state index contributed by atoms with van der Waals surface area (Å²) in [5.74, 6) is 0.942. The highest BCUT2D eigenvalue weighted by atomic mass is 32.1. The normalized spacial score (nSPS) is 16.6. The molecule has 3 aromatic rings. The summed E-state index contributed by atoms with van der Waals surface area (Å²) in [6.45, 7) is 6.55. The summed E-state index contributed by atoms with van der Waals surface area (Å²) in [4.78, 5) is 19.0. The van der Waals surface area contributed by atoms with E-state index in [1.807, 2.05) is 12.1 Å². The minimum Gasteiger partial charge on any atom is -0.496 e. The van der Waals surface area contributed by atoms with Crippen LogP contribution in [0.2, 0.25) is 0 Å². The van der Waals surface area contributed by atoms with Crippen LogP contribution in [0.25, 0.3) is 10.9 Å². The number of aromatic nitrogens is 1. The van der Waals surface area contributed by atoms with Crippen molar-refractivity contribution in [2.24, 2.45) is 5.92 Å². The average Bonchev–Trinajstić information content (AvgIpc) is 3.45. The van der Waals surface area contributed by atoms with E-state index in [0.717, 1.165) is 61.3 Å². The maximum Gasteiger partial charge on any atom is 0.337 e. The van der Waals surface area contributed by atoms with Gasteiger partial charge in [0, 0.05) is 47.6 Å². The van der Waals surface area contributed by atoms with Crippen molar-refractivity contribution in [1.29, 1.82) is 0 Å². The highest BCUT2D eigenvalue weighted by molar-refractivity contribution is 7.80. The van der Waals surface area contributed by atoms with Gasteiger partial charge in [0.15, 0.2) is 0 Å². The van der Waals surface area contributed by atoms with Gasteiger partial charge in [-0.3, -0.25) is 0 Å². The molecule has 186 valence electrons. The number of nitrogens with one attached hydrogen (secondary N) is 1.